The van der Waals surface area contributed by atoms with E-state index < -0.39 is 0 Å². The highest BCUT2D eigenvalue weighted by atomic mass is 16.1. The molecule has 1 aromatic heterocycles. The predicted octanol–water partition coefficient (Wildman–Crippen LogP) is 3.30. The standard InChI is InChI=1S/C17H22N4O/c1-12(2)8-9-18-17(22)15-10-20-16(11-19-15)21-14-6-4-13(3)5-7-14/h4-7,10-12H,8-9H2,1-3H3,(H,18,22)(H,20,21). The number of carbonyl (C=O) groups is 1. The first-order valence-electron chi connectivity index (χ1n) is 7.48. The molecule has 0 aliphatic rings. The van der Waals surface area contributed by atoms with Gasteiger partial charge in [-0.2, -0.15) is 0 Å². The molecule has 1 aromatic carbocycles. The van der Waals surface area contributed by atoms with Gasteiger partial charge in [0.05, 0.1) is 12.4 Å². The van der Waals surface area contributed by atoms with E-state index in [4.69, 9.17) is 0 Å². The van der Waals surface area contributed by atoms with Crippen LogP contribution in [0.25, 0.3) is 0 Å². The zero-order chi connectivity index (χ0) is 15.9. The number of amides is 1. The van der Waals surface area contributed by atoms with Crippen LogP contribution >= 0.6 is 0 Å². The molecule has 0 saturated carbocycles. The molecule has 0 atom stereocenters. The molecule has 0 aliphatic carbocycles. The van der Waals surface area contributed by atoms with Gasteiger partial charge in [-0.05, 0) is 31.4 Å². The van der Waals surface area contributed by atoms with Crippen molar-refractivity contribution in [3.05, 3.63) is 47.9 Å². The number of rotatable bonds is 6. The first kappa shape index (κ1) is 15.9. The minimum Gasteiger partial charge on any atom is -0.351 e. The molecule has 0 saturated heterocycles. The van der Waals surface area contributed by atoms with Gasteiger partial charge in [0.25, 0.3) is 5.91 Å². The van der Waals surface area contributed by atoms with E-state index in [1.165, 1.54) is 11.8 Å². The van der Waals surface area contributed by atoms with Gasteiger partial charge in [-0.25, -0.2) is 9.97 Å². The summed E-state index contributed by atoms with van der Waals surface area (Å²) < 4.78 is 0. The van der Waals surface area contributed by atoms with Crippen LogP contribution in [0.4, 0.5) is 11.5 Å². The Morgan fingerprint density at radius 3 is 2.45 bits per heavy atom. The molecule has 0 radical (unpaired) electrons. The third kappa shape index (κ3) is 4.84. The number of aryl methyl sites for hydroxylation is 1. The Kier molecular flexibility index (Phi) is 5.47. The van der Waals surface area contributed by atoms with Crippen LogP contribution in [0.5, 0.6) is 0 Å². The highest BCUT2D eigenvalue weighted by molar-refractivity contribution is 5.92. The number of hydrogen-bond donors (Lipinski definition) is 2. The fraction of sp³-hybridized carbons (Fsp3) is 0.353. The summed E-state index contributed by atoms with van der Waals surface area (Å²) >= 11 is 0. The van der Waals surface area contributed by atoms with E-state index in [-0.39, 0.29) is 5.91 Å². The van der Waals surface area contributed by atoms with E-state index in [1.54, 1.807) is 6.20 Å². The molecule has 0 unspecified atom stereocenters. The summed E-state index contributed by atoms with van der Waals surface area (Å²) in [6.07, 6.45) is 4.00. The molecule has 5 heteroatoms. The predicted molar refractivity (Wildman–Crippen MR) is 88.3 cm³/mol. The Bertz CT molecular complexity index is 606. The Morgan fingerprint density at radius 1 is 1.14 bits per heavy atom. The summed E-state index contributed by atoms with van der Waals surface area (Å²) in [5.74, 6) is 0.991. The van der Waals surface area contributed by atoms with E-state index in [2.05, 4.69) is 34.4 Å². The summed E-state index contributed by atoms with van der Waals surface area (Å²) in [5, 5.41) is 5.99. The van der Waals surface area contributed by atoms with Crippen LogP contribution < -0.4 is 10.6 Å². The van der Waals surface area contributed by atoms with E-state index >= 15 is 0 Å². The van der Waals surface area contributed by atoms with Gasteiger partial charge < -0.3 is 10.6 Å². The second kappa shape index (κ2) is 7.54. The third-order valence-corrected chi connectivity index (χ3v) is 3.22. The molecule has 1 amide bonds. The van der Waals surface area contributed by atoms with Crippen molar-refractivity contribution in [1.29, 1.82) is 0 Å². The molecular weight excluding hydrogens is 276 g/mol. The highest BCUT2D eigenvalue weighted by Crippen LogP contribution is 2.14. The molecule has 0 bridgehead atoms. The van der Waals surface area contributed by atoms with Gasteiger partial charge in [0.1, 0.15) is 11.5 Å². The Hall–Kier alpha value is -2.43. The average Bonchev–Trinajstić information content (AvgIpc) is 2.50. The van der Waals surface area contributed by atoms with Crippen molar-refractivity contribution >= 4 is 17.4 Å². The summed E-state index contributed by atoms with van der Waals surface area (Å²) in [5.41, 5.74) is 2.47. The second-order valence-corrected chi connectivity index (χ2v) is 5.72. The lowest BCUT2D eigenvalue weighted by atomic mass is 10.1. The average molecular weight is 298 g/mol. The number of carbonyl (C=O) groups excluding carboxylic acids is 1. The van der Waals surface area contributed by atoms with Crippen molar-refractivity contribution in [2.45, 2.75) is 27.2 Å². The SMILES string of the molecule is Cc1ccc(Nc2cnc(C(=O)NCCC(C)C)cn2)cc1. The largest absolute Gasteiger partial charge is 0.351 e. The lowest BCUT2D eigenvalue weighted by molar-refractivity contribution is 0.0946. The fourth-order valence-electron chi connectivity index (χ4n) is 1.86. The van der Waals surface area contributed by atoms with Crippen molar-refractivity contribution in [3.8, 4) is 0 Å². The first-order chi connectivity index (χ1) is 10.5. The normalized spacial score (nSPS) is 10.5. The fourth-order valence-corrected chi connectivity index (χ4v) is 1.86. The summed E-state index contributed by atoms with van der Waals surface area (Å²) in [4.78, 5) is 20.3. The molecule has 2 rings (SSSR count). The minimum atomic E-state index is -0.185. The molecule has 2 aromatic rings. The van der Waals surface area contributed by atoms with Crippen LogP contribution in [0, 0.1) is 12.8 Å². The molecular formula is C17H22N4O. The van der Waals surface area contributed by atoms with Crippen molar-refractivity contribution in [3.63, 3.8) is 0 Å². The molecule has 5 nitrogen and oxygen atoms in total. The van der Waals surface area contributed by atoms with Crippen LogP contribution in [0.3, 0.4) is 0 Å². The van der Waals surface area contributed by atoms with Crippen LogP contribution in [-0.2, 0) is 0 Å². The van der Waals surface area contributed by atoms with Crippen LogP contribution in [0.2, 0.25) is 0 Å². The molecule has 2 N–H and O–H groups in total. The number of nitrogens with zero attached hydrogens (tertiary/aromatic N) is 2. The van der Waals surface area contributed by atoms with E-state index in [0.29, 0.717) is 24.0 Å². The molecule has 0 spiro atoms. The Morgan fingerprint density at radius 2 is 1.86 bits per heavy atom. The van der Waals surface area contributed by atoms with Gasteiger partial charge in [0, 0.05) is 12.2 Å². The van der Waals surface area contributed by atoms with Crippen LogP contribution in [0.15, 0.2) is 36.7 Å². The van der Waals surface area contributed by atoms with Crippen molar-refractivity contribution in [1.82, 2.24) is 15.3 Å². The minimum absolute atomic E-state index is 0.185. The van der Waals surface area contributed by atoms with E-state index in [0.717, 1.165) is 12.1 Å². The zero-order valence-corrected chi connectivity index (χ0v) is 13.3. The van der Waals surface area contributed by atoms with Crippen LogP contribution in [-0.4, -0.2) is 22.4 Å². The summed E-state index contributed by atoms with van der Waals surface area (Å²) in [7, 11) is 0. The third-order valence-electron chi connectivity index (χ3n) is 3.22. The van der Waals surface area contributed by atoms with E-state index in [9.17, 15) is 4.79 Å². The second-order valence-electron chi connectivity index (χ2n) is 5.72. The van der Waals surface area contributed by atoms with Gasteiger partial charge in [-0.1, -0.05) is 31.5 Å². The molecule has 0 aliphatic heterocycles. The Labute approximate surface area is 131 Å². The number of benzene rings is 1. The lowest BCUT2D eigenvalue weighted by Gasteiger charge is -2.08. The molecule has 22 heavy (non-hydrogen) atoms. The topological polar surface area (TPSA) is 66.9 Å². The molecule has 116 valence electrons. The van der Waals surface area contributed by atoms with Gasteiger partial charge in [0.15, 0.2) is 0 Å². The summed E-state index contributed by atoms with van der Waals surface area (Å²) in [6, 6.07) is 7.99. The number of hydrogen-bond acceptors (Lipinski definition) is 4. The number of nitrogens with one attached hydrogen (secondary N) is 2. The maximum atomic E-state index is 11.9. The number of aromatic nitrogens is 2. The first-order valence-corrected chi connectivity index (χ1v) is 7.48. The Balaban J connectivity index is 1.92. The summed E-state index contributed by atoms with van der Waals surface area (Å²) in [6.45, 7) is 6.94. The zero-order valence-electron chi connectivity index (χ0n) is 13.3. The molecule has 1 heterocycles. The van der Waals surface area contributed by atoms with Crippen molar-refractivity contribution < 1.29 is 4.79 Å². The van der Waals surface area contributed by atoms with Gasteiger partial charge in [-0.15, -0.1) is 0 Å². The van der Waals surface area contributed by atoms with Crippen molar-refractivity contribution in [2.24, 2.45) is 5.92 Å². The lowest BCUT2D eigenvalue weighted by Crippen LogP contribution is -2.26. The van der Waals surface area contributed by atoms with Crippen LogP contribution in [0.1, 0.15) is 36.3 Å². The maximum absolute atomic E-state index is 11.9. The van der Waals surface area contributed by atoms with Crippen molar-refractivity contribution in [2.75, 3.05) is 11.9 Å². The highest BCUT2D eigenvalue weighted by Gasteiger charge is 2.07. The number of anilines is 2. The monoisotopic (exact) mass is 298 g/mol. The quantitative estimate of drug-likeness (QED) is 0.858. The van der Waals surface area contributed by atoms with Gasteiger partial charge in [-0.3, -0.25) is 4.79 Å². The van der Waals surface area contributed by atoms with Gasteiger partial charge in [0.2, 0.25) is 0 Å². The molecule has 0 fully saturated rings. The van der Waals surface area contributed by atoms with E-state index in [1.807, 2.05) is 31.2 Å². The maximum Gasteiger partial charge on any atom is 0.271 e. The van der Waals surface area contributed by atoms with Gasteiger partial charge >= 0.3 is 0 Å². The smallest absolute Gasteiger partial charge is 0.271 e.